The van der Waals surface area contributed by atoms with Gasteiger partial charge in [-0.25, -0.2) is 10.1 Å². The molecule has 1 aliphatic rings. The van der Waals surface area contributed by atoms with Gasteiger partial charge in [-0.2, -0.15) is 18.6 Å². The number of carboxylic acids is 1. The number of nitrogens with zero attached hydrogens (tertiary/aromatic N) is 3. The molecule has 0 bridgehead atoms. The summed E-state index contributed by atoms with van der Waals surface area (Å²) in [5, 5.41) is 32.0. The Balaban J connectivity index is 1.81. The van der Waals surface area contributed by atoms with Gasteiger partial charge in [-0.3, -0.25) is 9.35 Å². The zero-order chi connectivity index (χ0) is 22.6. The molecule has 1 atom stereocenters. The molecule has 1 heterocycles. The maximum Gasteiger partial charge on any atom is 0.401 e. The van der Waals surface area contributed by atoms with Crippen LogP contribution in [0.4, 0.5) is 11.4 Å². The van der Waals surface area contributed by atoms with E-state index in [-0.39, 0.29) is 10.6 Å². The lowest BCUT2D eigenvalue weighted by Gasteiger charge is -2.07. The van der Waals surface area contributed by atoms with Crippen LogP contribution < -0.4 is 10.1 Å². The molecule has 0 aliphatic carbocycles. The van der Waals surface area contributed by atoms with Crippen LogP contribution in [0, 0.1) is 0 Å². The number of hydrogen-bond donors (Lipinski definition) is 4. The minimum absolute atomic E-state index is 0.126. The van der Waals surface area contributed by atoms with Crippen LogP contribution in [-0.2, 0) is 29.1 Å². The van der Waals surface area contributed by atoms with Crippen LogP contribution in [-0.4, -0.2) is 47.0 Å². The first-order valence-electron chi connectivity index (χ1n) is 8.14. The minimum atomic E-state index is -4.42. The number of carbonyl (C=O) groups is 2. The van der Waals surface area contributed by atoms with Crippen molar-refractivity contribution >= 4 is 51.1 Å². The number of azo groups is 1. The van der Waals surface area contributed by atoms with E-state index in [0.717, 1.165) is 29.2 Å². The summed E-state index contributed by atoms with van der Waals surface area (Å²) >= 11 is 0.727. The summed E-state index contributed by atoms with van der Waals surface area (Å²) in [6.45, 7) is 0. The Hall–Kier alpha value is -3.21. The number of nitrogens with one attached hydrogen (secondary N) is 1. The predicted octanol–water partition coefficient (Wildman–Crippen LogP) is 0.382. The van der Waals surface area contributed by atoms with Crippen molar-refractivity contribution in [2.24, 2.45) is 10.2 Å². The second-order valence-electron chi connectivity index (χ2n) is 5.81. The topological polar surface area (TPSA) is 189 Å². The monoisotopic (exact) mass is 469 g/mol. The third-order valence-corrected chi connectivity index (χ3v) is 5.33. The molecule has 2 aromatic rings. The van der Waals surface area contributed by atoms with Crippen LogP contribution in [0.3, 0.4) is 0 Å². The minimum Gasteiger partial charge on any atom is -0.473 e. The third-order valence-electron chi connectivity index (χ3n) is 3.87. The number of carbonyl (C=O) groups excluding carboxylic acids is 1. The molecule has 1 aliphatic heterocycles. The van der Waals surface area contributed by atoms with Gasteiger partial charge in [0.15, 0.2) is 0 Å². The number of aliphatic carboxylic acids is 1. The molecule has 0 saturated heterocycles. The van der Waals surface area contributed by atoms with Gasteiger partial charge in [0.25, 0.3) is 10.1 Å². The van der Waals surface area contributed by atoms with Crippen LogP contribution in [0.2, 0.25) is 0 Å². The summed E-state index contributed by atoms with van der Waals surface area (Å²) in [5.41, 5.74) is -0.0163. The molecule has 13 nitrogen and oxygen atoms in total. The molecule has 15 heteroatoms. The van der Waals surface area contributed by atoms with Crippen molar-refractivity contribution < 1.29 is 47.4 Å². The lowest BCUT2D eigenvalue weighted by Crippen LogP contribution is -2.83. The van der Waals surface area contributed by atoms with Crippen LogP contribution in [0.25, 0.3) is 0 Å². The normalized spacial score (nSPS) is 16.7. The Morgan fingerprint density at radius 2 is 1.77 bits per heavy atom. The number of carboxylic acid groups (broad SMARTS) is 1. The lowest BCUT2D eigenvalue weighted by molar-refractivity contribution is -0.454. The second-order valence-corrected chi connectivity index (χ2v) is 8.01. The van der Waals surface area contributed by atoms with E-state index in [2.05, 4.69) is 24.7 Å². The quantitative estimate of drug-likeness (QED) is 0.138. The molecule has 1 unspecified atom stereocenters. The van der Waals surface area contributed by atoms with Gasteiger partial charge >= 0.3 is 17.6 Å². The van der Waals surface area contributed by atoms with Gasteiger partial charge in [0, 0.05) is 4.90 Å². The molecule has 162 valence electrons. The Morgan fingerprint density at radius 1 is 1.13 bits per heavy atom. The summed E-state index contributed by atoms with van der Waals surface area (Å²) < 4.78 is 35.6. The molecular formula is C16H13N4O9S2+. The Labute approximate surface area is 178 Å². The van der Waals surface area contributed by atoms with Crippen molar-refractivity contribution in [3.05, 3.63) is 48.5 Å². The van der Waals surface area contributed by atoms with Crippen LogP contribution in [0.1, 0.15) is 0 Å². The molecule has 0 aromatic heterocycles. The van der Waals surface area contributed by atoms with E-state index in [1.54, 1.807) is 12.1 Å². The smallest absolute Gasteiger partial charge is 0.401 e. The van der Waals surface area contributed by atoms with Crippen LogP contribution in [0.15, 0.2) is 68.6 Å². The fourth-order valence-corrected chi connectivity index (χ4v) is 3.30. The molecule has 31 heavy (non-hydrogen) atoms. The summed E-state index contributed by atoms with van der Waals surface area (Å²) in [6.07, 6.45) is 0. The van der Waals surface area contributed by atoms with Crippen molar-refractivity contribution in [1.29, 1.82) is 0 Å². The largest absolute Gasteiger partial charge is 0.473 e. The average molecular weight is 469 g/mol. The Kier molecular flexibility index (Phi) is 6.74. The molecule has 3 rings (SSSR count). The van der Waals surface area contributed by atoms with Gasteiger partial charge in [-0.05, 0) is 48.5 Å². The van der Waals surface area contributed by atoms with Gasteiger partial charge in [0.2, 0.25) is 6.04 Å². The molecule has 0 saturated carbocycles. The SMILES string of the molecule is O=C(O)C1=[NH+]N(c2ccc(S(=O)(=O)O)cc2)C(=O)C1N=Nc1ccc(SOOO)cc1. The predicted molar refractivity (Wildman–Crippen MR) is 103 cm³/mol. The number of hydrazine groups is 1. The van der Waals surface area contributed by atoms with Gasteiger partial charge in [-0.15, -0.1) is 9.44 Å². The van der Waals surface area contributed by atoms with E-state index in [4.69, 9.17) is 9.81 Å². The number of hydrazone groups is 1. The van der Waals surface area contributed by atoms with E-state index >= 15 is 0 Å². The maximum atomic E-state index is 12.7. The average Bonchev–Trinajstić information content (AvgIpc) is 3.07. The van der Waals surface area contributed by atoms with Gasteiger partial charge in [-0.1, -0.05) is 10.0 Å². The zero-order valence-corrected chi connectivity index (χ0v) is 16.8. The fraction of sp³-hybridized carbons (Fsp3) is 0.0625. The number of benzene rings is 2. The highest BCUT2D eigenvalue weighted by atomic mass is 32.2. The standard InChI is InChI=1S/C16H12N4O9S2/c21-15-13(18-17-9-1-5-11(6-2-9)30-29-28-24)14(16(22)23)19-20(15)10-3-7-12(8-4-10)31(25,26)27/h1-8,13,24H,(H,22,23)(H,25,26,27)/p+1. The van der Waals surface area contributed by atoms with E-state index < -0.39 is 33.7 Å². The molecule has 1 amide bonds. The summed E-state index contributed by atoms with van der Waals surface area (Å²) in [5.74, 6) is -2.19. The van der Waals surface area contributed by atoms with Crippen molar-refractivity contribution in [1.82, 2.24) is 0 Å². The van der Waals surface area contributed by atoms with Crippen molar-refractivity contribution in [2.45, 2.75) is 15.8 Å². The number of rotatable bonds is 8. The first-order valence-corrected chi connectivity index (χ1v) is 10.3. The van der Waals surface area contributed by atoms with E-state index in [1.165, 1.54) is 24.3 Å². The molecule has 0 fully saturated rings. The summed E-state index contributed by atoms with van der Waals surface area (Å²) in [6, 6.07) is 9.18. The van der Waals surface area contributed by atoms with E-state index in [9.17, 15) is 23.1 Å². The van der Waals surface area contributed by atoms with Crippen molar-refractivity contribution in [3.8, 4) is 0 Å². The highest BCUT2D eigenvalue weighted by Crippen LogP contribution is 2.23. The number of amides is 1. The Morgan fingerprint density at radius 3 is 2.32 bits per heavy atom. The van der Waals surface area contributed by atoms with E-state index in [0.29, 0.717) is 10.6 Å². The third kappa shape index (κ3) is 5.29. The van der Waals surface area contributed by atoms with Crippen molar-refractivity contribution in [3.63, 3.8) is 0 Å². The van der Waals surface area contributed by atoms with Gasteiger partial charge in [0.05, 0.1) is 22.6 Å². The number of hydrogen-bond acceptors (Lipinski definition) is 10. The highest BCUT2D eigenvalue weighted by Gasteiger charge is 2.47. The van der Waals surface area contributed by atoms with Gasteiger partial charge in [0.1, 0.15) is 5.69 Å². The first-order chi connectivity index (χ1) is 14.7. The maximum absolute atomic E-state index is 12.7. The highest BCUT2D eigenvalue weighted by molar-refractivity contribution is 7.94. The van der Waals surface area contributed by atoms with Gasteiger partial charge < -0.3 is 5.11 Å². The zero-order valence-electron chi connectivity index (χ0n) is 15.1. The van der Waals surface area contributed by atoms with E-state index in [1.807, 2.05) is 0 Å². The molecule has 0 radical (unpaired) electrons. The van der Waals surface area contributed by atoms with Crippen molar-refractivity contribution in [2.75, 3.05) is 5.01 Å². The first kappa shape index (κ1) is 22.5. The summed E-state index contributed by atoms with van der Waals surface area (Å²) in [7, 11) is -4.42. The lowest BCUT2D eigenvalue weighted by atomic mass is 10.2. The fourth-order valence-electron chi connectivity index (χ4n) is 2.46. The molecule has 2 aromatic carbocycles. The van der Waals surface area contributed by atoms with Crippen LogP contribution >= 0.6 is 12.0 Å². The molecule has 4 N–H and O–H groups in total. The Bertz CT molecular complexity index is 1150. The second kappa shape index (κ2) is 9.29. The molecular weight excluding hydrogens is 456 g/mol. The summed E-state index contributed by atoms with van der Waals surface area (Å²) in [4.78, 5) is 24.4. The number of anilines is 1. The van der Waals surface area contributed by atoms with Crippen LogP contribution in [0.5, 0.6) is 0 Å². The molecule has 0 spiro atoms.